The maximum atomic E-state index is 12.1. The Balaban J connectivity index is 0.00000100. The molecule has 0 unspecified atom stereocenters. The number of carbonyl (C=O) groups is 1. The molecule has 4 nitrogen and oxygen atoms in total. The predicted octanol–water partition coefficient (Wildman–Crippen LogP) is 5.16. The van der Waals surface area contributed by atoms with Crippen molar-refractivity contribution in [3.8, 4) is 0 Å². The van der Waals surface area contributed by atoms with E-state index in [2.05, 4.69) is 37.1 Å². The highest BCUT2D eigenvalue weighted by molar-refractivity contribution is 7.17. The highest BCUT2D eigenvalue weighted by Gasteiger charge is 2.41. The molecule has 5 heteroatoms. The quantitative estimate of drug-likeness (QED) is 0.703. The van der Waals surface area contributed by atoms with Gasteiger partial charge in [0.2, 0.25) is 0 Å². The maximum absolute atomic E-state index is 12.1. The summed E-state index contributed by atoms with van der Waals surface area (Å²) >= 11 is 1.72. The average Bonchev–Trinajstić information content (AvgIpc) is 2.98. The second-order valence-electron chi connectivity index (χ2n) is 7.66. The normalized spacial score (nSPS) is 17.8. The Labute approximate surface area is 149 Å². The van der Waals surface area contributed by atoms with E-state index in [4.69, 9.17) is 4.74 Å². The first-order valence-corrected chi connectivity index (χ1v) is 9.66. The van der Waals surface area contributed by atoms with Crippen molar-refractivity contribution in [1.29, 1.82) is 0 Å². The number of aromatic nitrogens is 2. The van der Waals surface area contributed by atoms with Gasteiger partial charge in [0.05, 0.1) is 12.3 Å². The van der Waals surface area contributed by atoms with Crippen molar-refractivity contribution in [3.05, 3.63) is 22.0 Å². The molecule has 0 saturated heterocycles. The number of thiazole rings is 1. The minimum atomic E-state index is -0.320. The van der Waals surface area contributed by atoms with E-state index in [0.29, 0.717) is 12.3 Å². The number of hydrogen-bond acceptors (Lipinski definition) is 4. The fraction of sp³-hybridized carbons (Fsp3) is 0.684. The van der Waals surface area contributed by atoms with Crippen molar-refractivity contribution >= 4 is 22.3 Å². The van der Waals surface area contributed by atoms with Gasteiger partial charge in [-0.25, -0.2) is 9.78 Å². The number of aryl methyl sites for hydroxylation is 1. The highest BCUT2D eigenvalue weighted by atomic mass is 32.1. The molecular weight excluding hydrogens is 320 g/mol. The Kier molecular flexibility index (Phi) is 5.14. The monoisotopic (exact) mass is 350 g/mol. The van der Waals surface area contributed by atoms with Crippen LogP contribution in [0.15, 0.2) is 0 Å². The van der Waals surface area contributed by atoms with Gasteiger partial charge in [0.15, 0.2) is 10.7 Å². The van der Waals surface area contributed by atoms with Crippen molar-refractivity contribution in [3.63, 3.8) is 0 Å². The minimum absolute atomic E-state index is 0.152. The molecule has 0 spiro atoms. The van der Waals surface area contributed by atoms with E-state index in [0.717, 1.165) is 17.1 Å². The van der Waals surface area contributed by atoms with Crippen LogP contribution < -0.4 is 0 Å². The first-order valence-electron chi connectivity index (χ1n) is 8.84. The zero-order valence-electron chi connectivity index (χ0n) is 16.2. The van der Waals surface area contributed by atoms with Crippen LogP contribution in [0.4, 0.5) is 0 Å². The molecule has 0 fully saturated rings. The minimum Gasteiger partial charge on any atom is -0.461 e. The third kappa shape index (κ3) is 3.10. The van der Waals surface area contributed by atoms with E-state index in [-0.39, 0.29) is 16.8 Å². The summed E-state index contributed by atoms with van der Waals surface area (Å²) in [5, 5.41) is 0. The first kappa shape index (κ1) is 19.0. The van der Waals surface area contributed by atoms with Crippen molar-refractivity contribution in [1.82, 2.24) is 9.38 Å². The van der Waals surface area contributed by atoms with E-state index in [1.54, 1.807) is 11.3 Å². The van der Waals surface area contributed by atoms with Gasteiger partial charge >= 0.3 is 5.97 Å². The van der Waals surface area contributed by atoms with E-state index in [1.807, 2.05) is 27.7 Å². The SMILES string of the molecule is CC.CCOC(=O)c1nc2sc3c(n2c1C)CC(C)(C)CC3(C)C. The molecule has 0 saturated carbocycles. The first-order chi connectivity index (χ1) is 11.2. The summed E-state index contributed by atoms with van der Waals surface area (Å²) in [6, 6.07) is 0. The van der Waals surface area contributed by atoms with E-state index >= 15 is 0 Å². The van der Waals surface area contributed by atoms with Crippen LogP contribution in [-0.2, 0) is 16.6 Å². The fourth-order valence-electron chi connectivity index (χ4n) is 3.99. The van der Waals surface area contributed by atoms with Crippen LogP contribution in [0.3, 0.4) is 0 Å². The average molecular weight is 351 g/mol. The Morgan fingerprint density at radius 3 is 2.50 bits per heavy atom. The van der Waals surface area contributed by atoms with Crippen LogP contribution in [0.25, 0.3) is 4.96 Å². The number of nitrogens with zero attached hydrogens (tertiary/aromatic N) is 2. The molecule has 0 amide bonds. The third-order valence-electron chi connectivity index (χ3n) is 4.45. The van der Waals surface area contributed by atoms with Gasteiger partial charge in [0.25, 0.3) is 0 Å². The summed E-state index contributed by atoms with van der Waals surface area (Å²) in [6.45, 7) is 17.4. The molecule has 1 aliphatic carbocycles. The van der Waals surface area contributed by atoms with Gasteiger partial charge in [-0.2, -0.15) is 0 Å². The largest absolute Gasteiger partial charge is 0.461 e. The number of hydrogen-bond donors (Lipinski definition) is 0. The number of fused-ring (bicyclic) bond motifs is 3. The molecule has 0 bridgehead atoms. The lowest BCUT2D eigenvalue weighted by Gasteiger charge is -2.40. The van der Waals surface area contributed by atoms with Crippen molar-refractivity contribution in [2.45, 2.75) is 73.6 Å². The summed E-state index contributed by atoms with van der Waals surface area (Å²) in [5.41, 5.74) is 3.09. The number of rotatable bonds is 2. The van der Waals surface area contributed by atoms with Gasteiger partial charge in [0.1, 0.15) is 0 Å². The van der Waals surface area contributed by atoms with Gasteiger partial charge < -0.3 is 4.74 Å². The molecule has 3 rings (SSSR count). The molecule has 0 atom stereocenters. The fourth-order valence-corrected chi connectivity index (χ4v) is 5.27. The second kappa shape index (κ2) is 6.51. The summed E-state index contributed by atoms with van der Waals surface area (Å²) in [7, 11) is 0. The van der Waals surface area contributed by atoms with Crippen LogP contribution in [0, 0.1) is 12.3 Å². The molecule has 24 heavy (non-hydrogen) atoms. The van der Waals surface area contributed by atoms with Crippen molar-refractivity contribution in [2.75, 3.05) is 6.61 Å². The smallest absolute Gasteiger partial charge is 0.358 e. The van der Waals surface area contributed by atoms with Crippen LogP contribution in [0.1, 0.15) is 81.6 Å². The van der Waals surface area contributed by atoms with Gasteiger partial charge in [-0.15, -0.1) is 11.3 Å². The molecule has 1 aliphatic rings. The molecule has 134 valence electrons. The number of carbonyl (C=O) groups excluding carboxylic acids is 1. The number of esters is 1. The molecule has 0 radical (unpaired) electrons. The Hall–Kier alpha value is -1.36. The maximum Gasteiger partial charge on any atom is 0.358 e. The topological polar surface area (TPSA) is 43.6 Å². The van der Waals surface area contributed by atoms with E-state index in [9.17, 15) is 4.79 Å². The van der Waals surface area contributed by atoms with Gasteiger partial charge in [-0.1, -0.05) is 41.5 Å². The predicted molar refractivity (Wildman–Crippen MR) is 100 cm³/mol. The second-order valence-corrected chi connectivity index (χ2v) is 8.64. The molecule has 2 aromatic heterocycles. The zero-order valence-corrected chi connectivity index (χ0v) is 17.1. The van der Waals surface area contributed by atoms with Gasteiger partial charge in [-0.3, -0.25) is 4.40 Å². The molecule has 0 aliphatic heterocycles. The lowest BCUT2D eigenvalue weighted by atomic mass is 9.67. The third-order valence-corrected chi connectivity index (χ3v) is 5.90. The van der Waals surface area contributed by atoms with Crippen LogP contribution in [-0.4, -0.2) is 22.0 Å². The Bertz CT molecular complexity index is 753. The van der Waals surface area contributed by atoms with E-state index < -0.39 is 0 Å². The standard InChI is InChI=1S/C17H24N2O2S.C2H6/c1-7-21-14(20)12-10(2)19-11-8-16(3,4)9-17(5,6)13(11)22-15(19)18-12;1-2/h7-9H2,1-6H3;1-2H3. The summed E-state index contributed by atoms with van der Waals surface area (Å²) in [5.74, 6) is -0.320. The van der Waals surface area contributed by atoms with Crippen LogP contribution in [0.2, 0.25) is 0 Å². The van der Waals surface area contributed by atoms with Crippen molar-refractivity contribution < 1.29 is 9.53 Å². The molecular formula is C19H30N2O2S. The zero-order chi connectivity index (χ0) is 18.3. The summed E-state index contributed by atoms with van der Waals surface area (Å²) in [6.07, 6.45) is 2.19. The Morgan fingerprint density at radius 1 is 1.29 bits per heavy atom. The van der Waals surface area contributed by atoms with Crippen LogP contribution >= 0.6 is 11.3 Å². The van der Waals surface area contributed by atoms with Crippen molar-refractivity contribution in [2.24, 2.45) is 5.41 Å². The number of imidazole rings is 1. The van der Waals surface area contributed by atoms with Crippen LogP contribution in [0.5, 0.6) is 0 Å². The lowest BCUT2D eigenvalue weighted by molar-refractivity contribution is 0.0519. The van der Waals surface area contributed by atoms with Gasteiger partial charge in [0, 0.05) is 16.0 Å². The summed E-state index contributed by atoms with van der Waals surface area (Å²) in [4.78, 5) is 18.9. The molecule has 2 aromatic rings. The lowest BCUT2D eigenvalue weighted by Crippen LogP contribution is -2.34. The number of ether oxygens (including phenoxy) is 1. The molecule has 2 heterocycles. The molecule has 0 aromatic carbocycles. The van der Waals surface area contributed by atoms with E-state index in [1.165, 1.54) is 17.0 Å². The van der Waals surface area contributed by atoms with Gasteiger partial charge in [-0.05, 0) is 32.1 Å². The summed E-state index contributed by atoms with van der Waals surface area (Å²) < 4.78 is 7.30. The Morgan fingerprint density at radius 2 is 1.92 bits per heavy atom. The molecule has 0 N–H and O–H groups in total. The highest BCUT2D eigenvalue weighted by Crippen LogP contribution is 2.49.